The van der Waals surface area contributed by atoms with E-state index in [2.05, 4.69) is 20.8 Å². The maximum atomic E-state index is 13.2. The van der Waals surface area contributed by atoms with E-state index in [-0.39, 0.29) is 12.0 Å². The van der Waals surface area contributed by atoms with Crippen molar-refractivity contribution in [1.29, 1.82) is 0 Å². The fraction of sp³-hybridized carbons (Fsp3) is 0.120. The molecule has 1 unspecified atom stereocenters. The maximum absolute atomic E-state index is 13.2. The topological polar surface area (TPSA) is 84.0 Å². The highest BCUT2D eigenvalue weighted by Crippen LogP contribution is 2.27. The molecule has 1 heterocycles. The first kappa shape index (κ1) is 22.3. The van der Waals surface area contributed by atoms with Gasteiger partial charge in [-0.1, -0.05) is 65.4 Å². The number of amides is 2. The molecule has 4 rings (SSSR count). The molecule has 0 bridgehead atoms. The molecule has 166 valence electrons. The molecule has 0 radical (unpaired) electrons. The van der Waals surface area contributed by atoms with Gasteiger partial charge < -0.3 is 5.32 Å². The molecule has 0 saturated heterocycles. The standard InChI is InChI=1S/C25H21FN4O2S/c1-16-6-5-9-19(14-16)24-29-30-25(33-24)28-23(32)21(15-17-7-3-2-4-8-17)27-22(31)18-10-12-20(26)13-11-18/h2-14,21H,15H2,1H3,(H,27,31)(H,28,30,32). The number of aromatic nitrogens is 2. The first-order valence-electron chi connectivity index (χ1n) is 10.3. The average molecular weight is 461 g/mol. The number of anilines is 1. The summed E-state index contributed by atoms with van der Waals surface area (Å²) in [7, 11) is 0. The second-order valence-electron chi connectivity index (χ2n) is 7.49. The van der Waals surface area contributed by atoms with Crippen molar-refractivity contribution < 1.29 is 14.0 Å². The fourth-order valence-electron chi connectivity index (χ4n) is 3.26. The van der Waals surface area contributed by atoms with Crippen molar-refractivity contribution >= 4 is 28.3 Å². The molecular weight excluding hydrogens is 439 g/mol. The van der Waals surface area contributed by atoms with E-state index in [0.717, 1.165) is 16.7 Å². The van der Waals surface area contributed by atoms with Crippen LogP contribution in [0, 0.1) is 12.7 Å². The Morgan fingerprint density at radius 1 is 0.970 bits per heavy atom. The summed E-state index contributed by atoms with van der Waals surface area (Å²) in [6, 6.07) is 21.5. The second kappa shape index (κ2) is 10.1. The molecule has 0 spiro atoms. The van der Waals surface area contributed by atoms with Gasteiger partial charge in [0.05, 0.1) is 0 Å². The maximum Gasteiger partial charge on any atom is 0.251 e. The number of aryl methyl sites for hydroxylation is 1. The highest BCUT2D eigenvalue weighted by molar-refractivity contribution is 7.18. The number of halogens is 1. The van der Waals surface area contributed by atoms with Crippen molar-refractivity contribution in [2.45, 2.75) is 19.4 Å². The van der Waals surface area contributed by atoms with E-state index in [9.17, 15) is 14.0 Å². The Bertz CT molecular complexity index is 1260. The Morgan fingerprint density at radius 2 is 1.73 bits per heavy atom. The lowest BCUT2D eigenvalue weighted by Crippen LogP contribution is -2.45. The third kappa shape index (κ3) is 5.87. The van der Waals surface area contributed by atoms with Crippen LogP contribution in [0.2, 0.25) is 0 Å². The van der Waals surface area contributed by atoms with Crippen LogP contribution in [-0.2, 0) is 11.2 Å². The van der Waals surface area contributed by atoms with Gasteiger partial charge in [0.2, 0.25) is 11.0 Å². The number of carbonyl (C=O) groups is 2. The highest BCUT2D eigenvalue weighted by atomic mass is 32.1. The minimum atomic E-state index is -0.865. The number of nitrogens with one attached hydrogen (secondary N) is 2. The third-order valence-electron chi connectivity index (χ3n) is 4.93. The van der Waals surface area contributed by atoms with Crippen LogP contribution < -0.4 is 10.6 Å². The zero-order chi connectivity index (χ0) is 23.2. The SMILES string of the molecule is Cc1cccc(-c2nnc(NC(=O)C(Cc3ccccc3)NC(=O)c3ccc(F)cc3)s2)c1. The van der Waals surface area contributed by atoms with Crippen LogP contribution in [0.25, 0.3) is 10.6 Å². The number of carbonyl (C=O) groups excluding carboxylic acids is 2. The van der Waals surface area contributed by atoms with Crippen molar-refractivity contribution in [1.82, 2.24) is 15.5 Å². The zero-order valence-corrected chi connectivity index (χ0v) is 18.6. The van der Waals surface area contributed by atoms with Crippen LogP contribution in [0.5, 0.6) is 0 Å². The first-order chi connectivity index (χ1) is 16.0. The Balaban J connectivity index is 1.51. The van der Waals surface area contributed by atoms with E-state index in [1.807, 2.05) is 61.5 Å². The molecule has 6 nitrogen and oxygen atoms in total. The molecule has 0 aliphatic rings. The van der Waals surface area contributed by atoms with Gasteiger partial charge in [-0.25, -0.2) is 4.39 Å². The van der Waals surface area contributed by atoms with Crippen molar-refractivity contribution in [3.63, 3.8) is 0 Å². The first-order valence-corrected chi connectivity index (χ1v) is 11.1. The summed E-state index contributed by atoms with van der Waals surface area (Å²) in [4.78, 5) is 25.8. The van der Waals surface area contributed by atoms with E-state index in [1.165, 1.54) is 35.6 Å². The van der Waals surface area contributed by atoms with E-state index in [1.54, 1.807) is 0 Å². The Labute approximate surface area is 194 Å². The van der Waals surface area contributed by atoms with Crippen LogP contribution in [-0.4, -0.2) is 28.1 Å². The minimum absolute atomic E-state index is 0.264. The van der Waals surface area contributed by atoms with Gasteiger partial charge in [0, 0.05) is 17.5 Å². The molecule has 1 atom stereocenters. The minimum Gasteiger partial charge on any atom is -0.340 e. The number of hydrogen-bond acceptors (Lipinski definition) is 5. The lowest BCUT2D eigenvalue weighted by atomic mass is 10.0. The van der Waals surface area contributed by atoms with Crippen LogP contribution in [0.15, 0.2) is 78.9 Å². The lowest BCUT2D eigenvalue weighted by molar-refractivity contribution is -0.118. The predicted molar refractivity (Wildman–Crippen MR) is 127 cm³/mol. The van der Waals surface area contributed by atoms with E-state index in [4.69, 9.17) is 0 Å². The summed E-state index contributed by atoms with van der Waals surface area (Å²) in [6.45, 7) is 1.99. The molecule has 2 amide bonds. The molecule has 4 aromatic rings. The van der Waals surface area contributed by atoms with Crippen molar-refractivity contribution in [2.75, 3.05) is 5.32 Å². The number of nitrogens with zero attached hydrogens (tertiary/aromatic N) is 2. The average Bonchev–Trinajstić information content (AvgIpc) is 3.28. The van der Waals surface area contributed by atoms with E-state index >= 15 is 0 Å². The Kier molecular flexibility index (Phi) is 6.85. The van der Waals surface area contributed by atoms with Gasteiger partial charge in [0.1, 0.15) is 16.9 Å². The van der Waals surface area contributed by atoms with Gasteiger partial charge in [-0.3, -0.25) is 14.9 Å². The third-order valence-corrected chi connectivity index (χ3v) is 5.82. The monoisotopic (exact) mass is 460 g/mol. The van der Waals surface area contributed by atoms with Crippen molar-refractivity contribution in [3.05, 3.63) is 101 Å². The molecule has 0 saturated carbocycles. The number of benzene rings is 3. The molecule has 33 heavy (non-hydrogen) atoms. The summed E-state index contributed by atoms with van der Waals surface area (Å²) in [5, 5.41) is 14.8. The van der Waals surface area contributed by atoms with Crippen molar-refractivity contribution in [2.24, 2.45) is 0 Å². The van der Waals surface area contributed by atoms with Crippen LogP contribution in [0.4, 0.5) is 9.52 Å². The quantitative estimate of drug-likeness (QED) is 0.421. The largest absolute Gasteiger partial charge is 0.340 e. The summed E-state index contributed by atoms with van der Waals surface area (Å²) >= 11 is 1.26. The normalized spacial score (nSPS) is 11.6. The van der Waals surface area contributed by atoms with Crippen molar-refractivity contribution in [3.8, 4) is 10.6 Å². The summed E-state index contributed by atoms with van der Waals surface area (Å²) in [6.07, 6.45) is 0.281. The van der Waals surface area contributed by atoms with Gasteiger partial charge in [-0.15, -0.1) is 10.2 Å². The van der Waals surface area contributed by atoms with Crippen LogP contribution in [0.1, 0.15) is 21.5 Å². The Morgan fingerprint density at radius 3 is 2.45 bits per heavy atom. The smallest absolute Gasteiger partial charge is 0.251 e. The van der Waals surface area contributed by atoms with Crippen LogP contribution in [0.3, 0.4) is 0 Å². The number of hydrogen-bond donors (Lipinski definition) is 2. The van der Waals surface area contributed by atoms with Gasteiger partial charge >= 0.3 is 0 Å². The molecular formula is C25H21FN4O2S. The molecule has 1 aromatic heterocycles. The highest BCUT2D eigenvalue weighted by Gasteiger charge is 2.23. The van der Waals surface area contributed by atoms with Gasteiger partial charge in [0.25, 0.3) is 5.91 Å². The van der Waals surface area contributed by atoms with Crippen LogP contribution >= 0.6 is 11.3 Å². The molecule has 3 aromatic carbocycles. The number of rotatable bonds is 7. The lowest BCUT2D eigenvalue weighted by Gasteiger charge is -2.18. The molecule has 2 N–H and O–H groups in total. The summed E-state index contributed by atoms with van der Waals surface area (Å²) < 4.78 is 13.2. The molecule has 0 aliphatic carbocycles. The molecule has 0 fully saturated rings. The van der Waals surface area contributed by atoms with Gasteiger partial charge in [-0.05, 0) is 42.8 Å². The fourth-order valence-corrected chi connectivity index (χ4v) is 4.01. The zero-order valence-electron chi connectivity index (χ0n) is 17.8. The van der Waals surface area contributed by atoms with Gasteiger partial charge in [-0.2, -0.15) is 0 Å². The second-order valence-corrected chi connectivity index (χ2v) is 8.47. The Hall–Kier alpha value is -3.91. The summed E-state index contributed by atoms with van der Waals surface area (Å²) in [5.41, 5.74) is 3.16. The predicted octanol–water partition coefficient (Wildman–Crippen LogP) is 4.63. The van der Waals surface area contributed by atoms with E-state index in [0.29, 0.717) is 10.1 Å². The molecule has 0 aliphatic heterocycles. The van der Waals surface area contributed by atoms with Gasteiger partial charge in [0.15, 0.2) is 0 Å². The van der Waals surface area contributed by atoms with E-state index < -0.39 is 23.7 Å². The molecule has 8 heteroatoms. The summed E-state index contributed by atoms with van der Waals surface area (Å²) in [5.74, 6) is -1.32.